The van der Waals surface area contributed by atoms with Gasteiger partial charge in [0.15, 0.2) is 0 Å². The number of aromatic carboxylic acids is 1. The summed E-state index contributed by atoms with van der Waals surface area (Å²) in [5, 5.41) is 28.8. The molecule has 2 aromatic rings. The van der Waals surface area contributed by atoms with Gasteiger partial charge in [-0.1, -0.05) is 6.07 Å². The van der Waals surface area contributed by atoms with E-state index in [-0.39, 0.29) is 17.1 Å². The third kappa shape index (κ3) is 2.51. The molecule has 0 saturated heterocycles. The van der Waals surface area contributed by atoms with Gasteiger partial charge in [-0.2, -0.15) is 0 Å². The van der Waals surface area contributed by atoms with Crippen molar-refractivity contribution in [1.82, 2.24) is 10.2 Å². The van der Waals surface area contributed by atoms with Crippen molar-refractivity contribution in [1.29, 1.82) is 0 Å². The van der Waals surface area contributed by atoms with E-state index >= 15 is 0 Å². The molecule has 0 unspecified atom stereocenters. The maximum atomic E-state index is 10.9. The lowest BCUT2D eigenvalue weighted by molar-refractivity contribution is -0.384. The second-order valence-electron chi connectivity index (χ2n) is 3.81. The van der Waals surface area contributed by atoms with Crippen LogP contribution in [0.5, 0.6) is 0 Å². The lowest BCUT2D eigenvalue weighted by atomic mass is 10.2. The lowest BCUT2D eigenvalue weighted by Crippen LogP contribution is -1.99. The molecule has 2 rings (SSSR count). The number of aryl methyl sites for hydroxylation is 1. The van der Waals surface area contributed by atoms with E-state index in [2.05, 4.69) is 15.5 Å². The first-order valence-electron chi connectivity index (χ1n) is 5.29. The van der Waals surface area contributed by atoms with Crippen LogP contribution in [-0.2, 0) is 0 Å². The summed E-state index contributed by atoms with van der Waals surface area (Å²) in [5.74, 6) is -1.03. The summed E-state index contributed by atoms with van der Waals surface area (Å²) >= 11 is 0. The number of carbonyl (C=O) groups is 1. The highest BCUT2D eigenvalue weighted by atomic mass is 16.6. The molecule has 8 nitrogen and oxygen atoms in total. The van der Waals surface area contributed by atoms with Gasteiger partial charge in [0, 0.05) is 5.69 Å². The fourth-order valence-electron chi connectivity index (χ4n) is 1.60. The first kappa shape index (κ1) is 12.6. The Hall–Kier alpha value is -2.90. The fourth-order valence-corrected chi connectivity index (χ4v) is 1.60. The minimum absolute atomic E-state index is 0.0463. The third-order valence-electron chi connectivity index (χ3n) is 2.47. The van der Waals surface area contributed by atoms with Crippen LogP contribution in [0.1, 0.15) is 16.1 Å². The van der Waals surface area contributed by atoms with E-state index in [1.807, 2.05) is 0 Å². The number of aromatic nitrogens is 2. The molecule has 0 aliphatic heterocycles. The number of nitrogens with one attached hydrogen (secondary N) is 2. The van der Waals surface area contributed by atoms with Crippen molar-refractivity contribution in [2.75, 3.05) is 5.32 Å². The molecule has 0 aliphatic rings. The fraction of sp³-hybridized carbons (Fsp3) is 0.0909. The van der Waals surface area contributed by atoms with Crippen LogP contribution < -0.4 is 5.32 Å². The molecule has 0 atom stereocenters. The standard InChI is InChI=1S/C11H10N4O4/c1-6-9(15(18)19)10(14-13-6)12-8-4-2-3-7(5-8)11(16)17/h2-5H,1H3,(H,16,17)(H2,12,13,14). The highest BCUT2D eigenvalue weighted by Crippen LogP contribution is 2.28. The Morgan fingerprint density at radius 3 is 2.89 bits per heavy atom. The Morgan fingerprint density at radius 1 is 1.53 bits per heavy atom. The van der Waals surface area contributed by atoms with Crippen molar-refractivity contribution in [3.05, 3.63) is 45.6 Å². The smallest absolute Gasteiger partial charge is 0.335 e. The molecular formula is C11H10N4O4. The van der Waals surface area contributed by atoms with Crippen LogP contribution in [0.25, 0.3) is 0 Å². The number of hydrogen-bond donors (Lipinski definition) is 3. The predicted molar refractivity (Wildman–Crippen MR) is 66.7 cm³/mol. The van der Waals surface area contributed by atoms with E-state index in [4.69, 9.17) is 5.11 Å². The van der Waals surface area contributed by atoms with E-state index in [0.29, 0.717) is 11.4 Å². The number of hydrogen-bond acceptors (Lipinski definition) is 5. The molecule has 0 spiro atoms. The van der Waals surface area contributed by atoms with Gasteiger partial charge >= 0.3 is 11.7 Å². The maximum Gasteiger partial charge on any atom is 0.335 e. The van der Waals surface area contributed by atoms with Crippen LogP contribution in [0, 0.1) is 17.0 Å². The number of nitrogens with zero attached hydrogens (tertiary/aromatic N) is 2. The molecule has 8 heteroatoms. The third-order valence-corrected chi connectivity index (χ3v) is 2.47. The van der Waals surface area contributed by atoms with Gasteiger partial charge in [0.25, 0.3) is 0 Å². The van der Waals surface area contributed by atoms with Crippen molar-refractivity contribution in [3.8, 4) is 0 Å². The first-order valence-corrected chi connectivity index (χ1v) is 5.29. The summed E-state index contributed by atoms with van der Waals surface area (Å²) in [6.07, 6.45) is 0. The topological polar surface area (TPSA) is 121 Å². The minimum atomic E-state index is -1.07. The molecule has 98 valence electrons. The number of nitro groups is 1. The Balaban J connectivity index is 2.34. The van der Waals surface area contributed by atoms with Crippen LogP contribution in [0.4, 0.5) is 17.2 Å². The molecular weight excluding hydrogens is 252 g/mol. The average Bonchev–Trinajstić information content (AvgIpc) is 2.70. The molecule has 0 fully saturated rings. The van der Waals surface area contributed by atoms with Gasteiger partial charge in [0.2, 0.25) is 5.82 Å². The number of anilines is 2. The lowest BCUT2D eigenvalue weighted by Gasteiger charge is -2.03. The van der Waals surface area contributed by atoms with Gasteiger partial charge in [-0.25, -0.2) is 4.79 Å². The zero-order valence-corrected chi connectivity index (χ0v) is 9.88. The highest BCUT2D eigenvalue weighted by molar-refractivity contribution is 5.89. The van der Waals surface area contributed by atoms with Crippen molar-refractivity contribution in [2.24, 2.45) is 0 Å². The van der Waals surface area contributed by atoms with E-state index < -0.39 is 10.9 Å². The zero-order valence-electron chi connectivity index (χ0n) is 9.88. The van der Waals surface area contributed by atoms with E-state index in [1.54, 1.807) is 6.07 Å². The monoisotopic (exact) mass is 262 g/mol. The predicted octanol–water partition coefficient (Wildman–Crippen LogP) is 2.07. The molecule has 0 radical (unpaired) electrons. The van der Waals surface area contributed by atoms with Gasteiger partial charge in [-0.05, 0) is 25.1 Å². The molecule has 1 aromatic carbocycles. The van der Waals surface area contributed by atoms with Crippen LogP contribution in [0.3, 0.4) is 0 Å². The molecule has 1 heterocycles. The van der Waals surface area contributed by atoms with E-state index in [1.165, 1.54) is 25.1 Å². The SMILES string of the molecule is Cc1[nH]nc(Nc2cccc(C(=O)O)c2)c1[N+](=O)[O-]. The summed E-state index contributed by atoms with van der Waals surface area (Å²) in [6, 6.07) is 5.94. The highest BCUT2D eigenvalue weighted by Gasteiger charge is 2.21. The maximum absolute atomic E-state index is 10.9. The Bertz CT molecular complexity index is 650. The number of carboxylic acid groups (broad SMARTS) is 1. The van der Waals surface area contributed by atoms with E-state index in [0.717, 1.165) is 0 Å². The van der Waals surface area contributed by atoms with Gasteiger partial charge in [0.05, 0.1) is 10.5 Å². The number of benzene rings is 1. The molecule has 0 saturated carbocycles. The summed E-state index contributed by atoms with van der Waals surface area (Å²) in [4.78, 5) is 21.2. The van der Waals surface area contributed by atoms with Crippen LogP contribution in [-0.4, -0.2) is 26.2 Å². The summed E-state index contributed by atoms with van der Waals surface area (Å²) in [6.45, 7) is 1.53. The summed E-state index contributed by atoms with van der Waals surface area (Å²) in [7, 11) is 0. The number of carboxylic acids is 1. The van der Waals surface area contributed by atoms with Gasteiger partial charge in [0.1, 0.15) is 5.69 Å². The van der Waals surface area contributed by atoms with Crippen LogP contribution in [0.15, 0.2) is 24.3 Å². The van der Waals surface area contributed by atoms with Crippen molar-refractivity contribution >= 4 is 23.2 Å². The van der Waals surface area contributed by atoms with Gasteiger partial charge in [-0.15, -0.1) is 5.10 Å². The Kier molecular flexibility index (Phi) is 3.15. The Morgan fingerprint density at radius 2 is 2.26 bits per heavy atom. The molecule has 0 amide bonds. The molecule has 19 heavy (non-hydrogen) atoms. The Labute approximate surface area is 107 Å². The average molecular weight is 262 g/mol. The van der Waals surface area contributed by atoms with Gasteiger partial charge in [-0.3, -0.25) is 15.2 Å². The molecule has 0 bridgehead atoms. The van der Waals surface area contributed by atoms with Crippen LogP contribution >= 0.6 is 0 Å². The minimum Gasteiger partial charge on any atom is -0.478 e. The van der Waals surface area contributed by atoms with Crippen molar-refractivity contribution in [3.63, 3.8) is 0 Å². The number of H-pyrrole nitrogens is 1. The van der Waals surface area contributed by atoms with E-state index in [9.17, 15) is 14.9 Å². The van der Waals surface area contributed by atoms with Crippen molar-refractivity contribution < 1.29 is 14.8 Å². The molecule has 1 aromatic heterocycles. The second-order valence-corrected chi connectivity index (χ2v) is 3.81. The summed E-state index contributed by atoms with van der Waals surface area (Å²) in [5.41, 5.74) is 0.650. The number of aromatic amines is 1. The summed E-state index contributed by atoms with van der Waals surface area (Å²) < 4.78 is 0. The van der Waals surface area contributed by atoms with Gasteiger partial charge < -0.3 is 10.4 Å². The quantitative estimate of drug-likeness (QED) is 0.572. The van der Waals surface area contributed by atoms with Crippen molar-refractivity contribution in [2.45, 2.75) is 6.92 Å². The zero-order chi connectivity index (χ0) is 14.0. The molecule has 3 N–H and O–H groups in total. The molecule has 0 aliphatic carbocycles. The van der Waals surface area contributed by atoms with Crippen LogP contribution in [0.2, 0.25) is 0 Å². The normalized spacial score (nSPS) is 10.2. The second kappa shape index (κ2) is 4.77. The largest absolute Gasteiger partial charge is 0.478 e. The first-order chi connectivity index (χ1) is 8.99. The number of rotatable bonds is 4.